The Balaban J connectivity index is 1.92. The van der Waals surface area contributed by atoms with Crippen molar-refractivity contribution in [2.24, 2.45) is 5.92 Å². The smallest absolute Gasteiger partial charge is 0.387 e. The minimum atomic E-state index is -4.33. The quantitative estimate of drug-likeness (QED) is 0.461. The normalized spacial score (nSPS) is 16.9. The van der Waals surface area contributed by atoms with Crippen molar-refractivity contribution in [3.05, 3.63) is 52.6 Å². The van der Waals surface area contributed by atoms with Crippen molar-refractivity contribution in [3.8, 4) is 5.75 Å². The zero-order valence-electron chi connectivity index (χ0n) is 16.3. The average Bonchev–Trinajstić information content (AvgIpc) is 2.74. The number of rotatable bonds is 8. The molecule has 1 atom stereocenters. The molecule has 0 unspecified atom stereocenters. The number of hydrogen-bond acceptors (Lipinski definition) is 7. The molecule has 2 aromatic carbocycles. The van der Waals surface area contributed by atoms with Gasteiger partial charge in [0.2, 0.25) is 0 Å². The third kappa shape index (κ3) is 5.39. The first kappa shape index (κ1) is 22.7. The molecule has 168 valence electrons. The largest absolute Gasteiger partial charge is 0.433 e. The van der Waals surface area contributed by atoms with Gasteiger partial charge in [-0.3, -0.25) is 14.8 Å². The van der Waals surface area contributed by atoms with Gasteiger partial charge in [0.15, 0.2) is 0 Å². The van der Waals surface area contributed by atoms with Gasteiger partial charge in [0, 0.05) is 25.8 Å². The van der Waals surface area contributed by atoms with Crippen LogP contribution in [-0.2, 0) is 10.0 Å². The maximum atomic E-state index is 12.8. The number of halogens is 2. The van der Waals surface area contributed by atoms with Gasteiger partial charge in [-0.05, 0) is 43.0 Å². The highest BCUT2D eigenvalue weighted by molar-refractivity contribution is 7.92. The van der Waals surface area contributed by atoms with Crippen LogP contribution in [0.3, 0.4) is 0 Å². The van der Waals surface area contributed by atoms with Gasteiger partial charge in [-0.1, -0.05) is 12.1 Å². The van der Waals surface area contributed by atoms with Crippen molar-refractivity contribution in [2.75, 3.05) is 29.3 Å². The van der Waals surface area contributed by atoms with Gasteiger partial charge in [-0.2, -0.15) is 8.78 Å². The second-order valence-corrected chi connectivity index (χ2v) is 8.71. The number of nitro benzene ring substituents is 1. The van der Waals surface area contributed by atoms with Crippen molar-refractivity contribution >= 4 is 27.1 Å². The van der Waals surface area contributed by atoms with Crippen LogP contribution in [0, 0.1) is 16.0 Å². The maximum absolute atomic E-state index is 12.8. The Kier molecular flexibility index (Phi) is 6.91. The molecular weight excluding hydrogens is 436 g/mol. The molecule has 1 fully saturated rings. The second kappa shape index (κ2) is 9.43. The van der Waals surface area contributed by atoms with Crippen LogP contribution < -0.4 is 14.4 Å². The topological polar surface area (TPSA) is 122 Å². The molecule has 0 bridgehead atoms. The Morgan fingerprint density at radius 2 is 2.03 bits per heavy atom. The fourth-order valence-electron chi connectivity index (χ4n) is 3.47. The van der Waals surface area contributed by atoms with E-state index in [0.717, 1.165) is 18.9 Å². The molecule has 1 aliphatic heterocycles. The molecule has 1 heterocycles. The number of nitrogens with zero attached hydrogens (tertiary/aromatic N) is 2. The molecule has 0 aliphatic carbocycles. The molecule has 9 nitrogen and oxygen atoms in total. The molecule has 0 spiro atoms. The van der Waals surface area contributed by atoms with Gasteiger partial charge >= 0.3 is 6.61 Å². The van der Waals surface area contributed by atoms with Crippen LogP contribution in [0.1, 0.15) is 12.8 Å². The minimum Gasteiger partial charge on any atom is -0.433 e. The lowest BCUT2D eigenvalue weighted by Crippen LogP contribution is -2.37. The number of sulfonamides is 1. The van der Waals surface area contributed by atoms with Gasteiger partial charge in [0.05, 0.1) is 15.5 Å². The van der Waals surface area contributed by atoms with E-state index in [2.05, 4.69) is 9.46 Å². The molecule has 0 radical (unpaired) electrons. The van der Waals surface area contributed by atoms with E-state index in [1.54, 1.807) is 4.90 Å². The van der Waals surface area contributed by atoms with Crippen molar-refractivity contribution in [2.45, 2.75) is 24.3 Å². The van der Waals surface area contributed by atoms with Crippen molar-refractivity contribution < 1.29 is 32.0 Å². The standard InChI is InChI=1S/C19H21F2N3O6S/c20-19(21)30-18-6-2-1-5-15(18)22-31(28,29)14-7-8-16(17(10-14)24(26)27)23-9-3-4-13(11-23)12-25/h1-2,5-8,10,13,19,22,25H,3-4,9,11-12H2/t13-/m0/s1. The zero-order valence-corrected chi connectivity index (χ0v) is 17.1. The van der Waals surface area contributed by atoms with Crippen molar-refractivity contribution in [1.29, 1.82) is 0 Å². The Morgan fingerprint density at radius 1 is 1.29 bits per heavy atom. The number of aliphatic hydroxyl groups excluding tert-OH is 1. The van der Waals surface area contributed by atoms with Crippen LogP contribution in [0.5, 0.6) is 5.75 Å². The Morgan fingerprint density at radius 3 is 2.71 bits per heavy atom. The molecule has 0 amide bonds. The first-order chi connectivity index (χ1) is 14.7. The predicted molar refractivity (Wildman–Crippen MR) is 109 cm³/mol. The Hall–Kier alpha value is -2.99. The number of para-hydroxylation sites is 2. The zero-order chi connectivity index (χ0) is 22.6. The monoisotopic (exact) mass is 457 g/mol. The minimum absolute atomic E-state index is 0.0234. The number of piperidine rings is 1. The number of hydrogen-bond donors (Lipinski definition) is 2. The highest BCUT2D eigenvalue weighted by Gasteiger charge is 2.28. The Labute approximate surface area is 177 Å². The maximum Gasteiger partial charge on any atom is 0.387 e. The Bertz CT molecular complexity index is 1050. The second-order valence-electron chi connectivity index (χ2n) is 7.02. The summed E-state index contributed by atoms with van der Waals surface area (Å²) in [6, 6.07) is 8.71. The first-order valence-corrected chi connectivity index (χ1v) is 10.9. The van der Waals surface area contributed by atoms with Crippen LogP contribution in [-0.4, -0.2) is 44.8 Å². The van der Waals surface area contributed by atoms with Crippen molar-refractivity contribution in [3.63, 3.8) is 0 Å². The lowest BCUT2D eigenvalue weighted by molar-refractivity contribution is -0.384. The highest BCUT2D eigenvalue weighted by atomic mass is 32.2. The summed E-state index contributed by atoms with van der Waals surface area (Å²) in [5, 5.41) is 21.0. The number of alkyl halides is 2. The first-order valence-electron chi connectivity index (χ1n) is 9.42. The third-order valence-electron chi connectivity index (χ3n) is 4.92. The number of anilines is 2. The molecule has 2 N–H and O–H groups in total. The molecule has 2 aromatic rings. The van der Waals surface area contributed by atoms with Crippen LogP contribution >= 0.6 is 0 Å². The molecular formula is C19H21F2N3O6S. The number of ether oxygens (including phenoxy) is 1. The summed E-state index contributed by atoms with van der Waals surface area (Å²) < 4.78 is 57.2. The SMILES string of the molecule is O=[N+]([O-])c1cc(S(=O)(=O)Nc2ccccc2OC(F)F)ccc1N1CCC[C@H](CO)C1. The van der Waals surface area contributed by atoms with Gasteiger partial charge in [-0.25, -0.2) is 8.42 Å². The predicted octanol–water partition coefficient (Wildman–Crippen LogP) is 3.21. The van der Waals surface area contributed by atoms with E-state index >= 15 is 0 Å². The van der Waals surface area contributed by atoms with E-state index in [1.165, 1.54) is 36.4 Å². The molecule has 31 heavy (non-hydrogen) atoms. The summed E-state index contributed by atoms with van der Waals surface area (Å²) in [7, 11) is -4.33. The van der Waals surface area contributed by atoms with Crippen molar-refractivity contribution in [1.82, 2.24) is 0 Å². The fraction of sp³-hybridized carbons (Fsp3) is 0.368. The van der Waals surface area contributed by atoms with Gasteiger partial charge in [0.25, 0.3) is 15.7 Å². The molecule has 12 heteroatoms. The van der Waals surface area contributed by atoms with E-state index in [-0.39, 0.29) is 29.6 Å². The average molecular weight is 457 g/mol. The van der Waals surface area contributed by atoms with E-state index < -0.39 is 32.1 Å². The van der Waals surface area contributed by atoms with Crippen LogP contribution in [0.2, 0.25) is 0 Å². The summed E-state index contributed by atoms with van der Waals surface area (Å²) in [6.45, 7) is -2.24. The van der Waals surface area contributed by atoms with E-state index in [9.17, 15) is 32.4 Å². The van der Waals surface area contributed by atoms with Crippen LogP contribution in [0.15, 0.2) is 47.4 Å². The summed E-state index contributed by atoms with van der Waals surface area (Å²) in [5.74, 6) is -0.402. The fourth-order valence-corrected chi connectivity index (χ4v) is 4.56. The summed E-state index contributed by atoms with van der Waals surface area (Å²) in [6.07, 6.45) is 1.54. The third-order valence-corrected chi connectivity index (χ3v) is 6.28. The van der Waals surface area contributed by atoms with Gasteiger partial charge < -0.3 is 14.7 Å². The van der Waals surface area contributed by atoms with Gasteiger partial charge in [-0.15, -0.1) is 0 Å². The van der Waals surface area contributed by atoms with Gasteiger partial charge in [0.1, 0.15) is 11.4 Å². The summed E-state index contributed by atoms with van der Waals surface area (Å²) in [5.41, 5.74) is -0.376. The summed E-state index contributed by atoms with van der Waals surface area (Å²) >= 11 is 0. The van der Waals surface area contributed by atoms with E-state index in [4.69, 9.17) is 0 Å². The van der Waals surface area contributed by atoms with E-state index in [0.29, 0.717) is 13.1 Å². The molecule has 0 aromatic heterocycles. The van der Waals surface area contributed by atoms with Crippen LogP contribution in [0.4, 0.5) is 25.8 Å². The number of benzene rings is 2. The lowest BCUT2D eigenvalue weighted by atomic mass is 9.98. The molecule has 1 aliphatic rings. The molecule has 0 saturated carbocycles. The molecule has 3 rings (SSSR count). The number of nitrogens with one attached hydrogen (secondary N) is 1. The number of aliphatic hydroxyl groups is 1. The van der Waals surface area contributed by atoms with E-state index in [1.807, 2.05) is 0 Å². The lowest BCUT2D eigenvalue weighted by Gasteiger charge is -2.33. The number of nitro groups is 1. The summed E-state index contributed by atoms with van der Waals surface area (Å²) in [4.78, 5) is 12.3. The highest BCUT2D eigenvalue weighted by Crippen LogP contribution is 2.35. The van der Waals surface area contributed by atoms with Crippen LogP contribution in [0.25, 0.3) is 0 Å². The molecule has 1 saturated heterocycles.